The van der Waals surface area contributed by atoms with Gasteiger partial charge in [0, 0.05) is 6.42 Å². The molecule has 0 bridgehead atoms. The predicted molar refractivity (Wildman–Crippen MR) is 97.9 cm³/mol. The maximum atomic E-state index is 4.42. The van der Waals surface area contributed by atoms with Crippen LogP contribution in [-0.4, -0.2) is 46.4 Å². The summed E-state index contributed by atoms with van der Waals surface area (Å²) in [6.45, 7) is 13.5. The van der Waals surface area contributed by atoms with E-state index in [0.717, 1.165) is 38.4 Å². The van der Waals surface area contributed by atoms with Gasteiger partial charge in [0.15, 0.2) is 6.04 Å². The van der Waals surface area contributed by atoms with Crippen LogP contribution in [0.4, 0.5) is 5.69 Å². The van der Waals surface area contributed by atoms with Crippen molar-refractivity contribution in [2.75, 3.05) is 26.2 Å². The fourth-order valence-corrected chi connectivity index (χ4v) is 3.91. The number of benzene rings is 1. The van der Waals surface area contributed by atoms with Gasteiger partial charge in [-0.3, -0.25) is 4.90 Å². The average molecular weight is 345 g/mol. The largest absolute Gasteiger partial charge is 0.317 e. The molecule has 1 aromatic heterocycles. The van der Waals surface area contributed by atoms with E-state index in [1.807, 2.05) is 4.68 Å². The van der Waals surface area contributed by atoms with Gasteiger partial charge in [-0.15, -0.1) is 5.10 Å². The smallest absolute Gasteiger partial charge is 0.209 e. The van der Waals surface area contributed by atoms with E-state index in [0.29, 0.717) is 18.0 Å². The molecule has 1 fully saturated rings. The van der Waals surface area contributed by atoms with Crippen LogP contribution in [0.2, 0.25) is 0 Å². The molecule has 1 atom stereocenters. The first-order valence-electron chi connectivity index (χ1n) is 9.58. The fourth-order valence-electron chi connectivity index (χ4n) is 3.91. The highest BCUT2D eigenvalue weighted by Gasteiger charge is 2.35. The van der Waals surface area contributed by atoms with Crippen molar-refractivity contribution in [1.82, 2.24) is 20.2 Å². The van der Waals surface area contributed by atoms with Crippen LogP contribution < -0.4 is 9.80 Å². The molecule has 1 saturated heterocycles. The summed E-state index contributed by atoms with van der Waals surface area (Å²) < 4.78 is 2.01. The lowest BCUT2D eigenvalue weighted by molar-refractivity contribution is -1.01. The van der Waals surface area contributed by atoms with Gasteiger partial charge in [0.25, 0.3) is 0 Å². The highest BCUT2D eigenvalue weighted by atomic mass is 15.6. The summed E-state index contributed by atoms with van der Waals surface area (Å²) in [7, 11) is 0. The number of aromatic nitrogens is 4. The fraction of sp³-hybridized carbons (Fsp3) is 0.632. The van der Waals surface area contributed by atoms with Crippen molar-refractivity contribution < 1.29 is 9.80 Å². The number of quaternary nitrogens is 2. The van der Waals surface area contributed by atoms with E-state index in [-0.39, 0.29) is 0 Å². The summed E-state index contributed by atoms with van der Waals surface area (Å²) in [5.41, 5.74) is 1.41. The van der Waals surface area contributed by atoms with Crippen molar-refractivity contribution in [3.05, 3.63) is 36.2 Å². The lowest BCUT2D eigenvalue weighted by Crippen LogP contribution is -3.26. The van der Waals surface area contributed by atoms with Crippen LogP contribution in [0.1, 0.15) is 52.0 Å². The minimum atomic E-state index is 0.301. The normalized spacial score (nSPS) is 22.5. The molecule has 3 rings (SSSR count). The Morgan fingerprint density at radius 1 is 1.00 bits per heavy atom. The van der Waals surface area contributed by atoms with Crippen LogP contribution >= 0.6 is 0 Å². The molecule has 0 unspecified atom stereocenters. The van der Waals surface area contributed by atoms with E-state index in [2.05, 4.69) is 73.6 Å². The Hall–Kier alpha value is -1.79. The van der Waals surface area contributed by atoms with Gasteiger partial charge in [-0.25, -0.2) is 4.68 Å². The number of hydrogen-bond donors (Lipinski definition) is 2. The summed E-state index contributed by atoms with van der Waals surface area (Å²) in [4.78, 5) is 3.22. The standard InChI is InChI=1S/C19H30N6/c1-15(2)14-18(19-20-21-22-25(19)16(3)4)24-12-10-23(11-13-24)17-8-6-5-7-9-17/h5-9,15-16,18H,10-14H2,1-4H3/p+2/t18-/m1/s1. The Morgan fingerprint density at radius 2 is 1.68 bits per heavy atom. The van der Waals surface area contributed by atoms with E-state index >= 15 is 0 Å². The first-order valence-corrected chi connectivity index (χ1v) is 9.58. The molecule has 0 aliphatic carbocycles. The molecule has 0 amide bonds. The molecule has 6 heteroatoms. The lowest BCUT2D eigenvalue weighted by Gasteiger charge is -2.34. The van der Waals surface area contributed by atoms with Gasteiger partial charge in [0.05, 0.1) is 6.04 Å². The summed E-state index contributed by atoms with van der Waals surface area (Å²) in [5.74, 6) is 1.69. The van der Waals surface area contributed by atoms with E-state index in [4.69, 9.17) is 0 Å². The van der Waals surface area contributed by atoms with Crippen molar-refractivity contribution in [3.8, 4) is 0 Å². The SMILES string of the molecule is CC(C)C[C@H](c1nnnn1C(C)C)[NH+]1CC[NH+](c2ccccc2)CC1. The third-order valence-electron chi connectivity index (χ3n) is 5.20. The zero-order valence-corrected chi connectivity index (χ0v) is 15.9. The zero-order valence-electron chi connectivity index (χ0n) is 15.9. The van der Waals surface area contributed by atoms with Crippen molar-refractivity contribution in [2.45, 2.75) is 46.2 Å². The van der Waals surface area contributed by atoms with Gasteiger partial charge in [0.1, 0.15) is 31.9 Å². The zero-order chi connectivity index (χ0) is 17.8. The molecule has 2 aromatic rings. The number of piperazine rings is 1. The minimum Gasteiger partial charge on any atom is -0.317 e. The van der Waals surface area contributed by atoms with Gasteiger partial charge in [0.2, 0.25) is 5.82 Å². The Labute approximate surface area is 150 Å². The molecular formula is C19H32N6+2. The summed E-state index contributed by atoms with van der Waals surface area (Å²) in [6, 6.07) is 11.5. The summed E-state index contributed by atoms with van der Waals surface area (Å²) >= 11 is 0. The molecule has 1 aromatic carbocycles. The summed E-state index contributed by atoms with van der Waals surface area (Å²) in [5, 5.41) is 12.6. The molecule has 25 heavy (non-hydrogen) atoms. The van der Waals surface area contributed by atoms with E-state index in [1.54, 1.807) is 9.80 Å². The van der Waals surface area contributed by atoms with Crippen molar-refractivity contribution in [2.24, 2.45) is 5.92 Å². The van der Waals surface area contributed by atoms with Crippen molar-refractivity contribution in [1.29, 1.82) is 0 Å². The molecule has 2 N–H and O–H groups in total. The highest BCUT2D eigenvalue weighted by Crippen LogP contribution is 2.18. The van der Waals surface area contributed by atoms with Crippen LogP contribution in [0.25, 0.3) is 0 Å². The van der Waals surface area contributed by atoms with Gasteiger partial charge >= 0.3 is 0 Å². The van der Waals surface area contributed by atoms with Crippen molar-refractivity contribution in [3.63, 3.8) is 0 Å². The third-order valence-corrected chi connectivity index (χ3v) is 5.20. The second kappa shape index (κ2) is 8.06. The van der Waals surface area contributed by atoms with Crippen LogP contribution in [0, 0.1) is 5.92 Å². The van der Waals surface area contributed by atoms with E-state index in [9.17, 15) is 0 Å². The van der Waals surface area contributed by atoms with Crippen LogP contribution in [-0.2, 0) is 0 Å². The minimum absolute atomic E-state index is 0.301. The number of hydrogen-bond acceptors (Lipinski definition) is 3. The summed E-state index contributed by atoms with van der Waals surface area (Å²) in [6.07, 6.45) is 1.13. The second-order valence-corrected chi connectivity index (χ2v) is 7.89. The molecule has 0 radical (unpaired) electrons. The van der Waals surface area contributed by atoms with E-state index < -0.39 is 0 Å². The second-order valence-electron chi connectivity index (χ2n) is 7.89. The maximum absolute atomic E-state index is 4.42. The molecule has 136 valence electrons. The molecular weight excluding hydrogens is 312 g/mol. The lowest BCUT2D eigenvalue weighted by atomic mass is 10.0. The molecule has 0 saturated carbocycles. The van der Waals surface area contributed by atoms with Crippen molar-refractivity contribution >= 4 is 5.69 Å². The average Bonchev–Trinajstić information content (AvgIpc) is 3.10. The number of nitrogens with zero attached hydrogens (tertiary/aromatic N) is 4. The quantitative estimate of drug-likeness (QED) is 0.800. The van der Waals surface area contributed by atoms with Gasteiger partial charge < -0.3 is 4.90 Å². The third kappa shape index (κ3) is 4.25. The van der Waals surface area contributed by atoms with Gasteiger partial charge in [-0.1, -0.05) is 32.0 Å². The number of nitrogens with one attached hydrogen (secondary N) is 2. The topological polar surface area (TPSA) is 52.5 Å². The molecule has 2 heterocycles. The Kier molecular flexibility index (Phi) is 5.81. The Balaban J connectivity index is 1.74. The predicted octanol–water partition coefficient (Wildman–Crippen LogP) is 0.456. The van der Waals surface area contributed by atoms with Gasteiger partial charge in [-0.2, -0.15) is 0 Å². The van der Waals surface area contributed by atoms with Crippen LogP contribution in [0.15, 0.2) is 30.3 Å². The monoisotopic (exact) mass is 344 g/mol. The first kappa shape index (κ1) is 18.0. The van der Waals surface area contributed by atoms with Crippen LogP contribution in [0.3, 0.4) is 0 Å². The molecule has 6 nitrogen and oxygen atoms in total. The molecule has 1 aliphatic heterocycles. The first-order chi connectivity index (χ1) is 12.1. The van der Waals surface area contributed by atoms with E-state index in [1.165, 1.54) is 5.69 Å². The van der Waals surface area contributed by atoms with Gasteiger partial charge in [-0.05, 0) is 42.3 Å². The highest BCUT2D eigenvalue weighted by molar-refractivity contribution is 5.27. The number of rotatable bonds is 6. The number of para-hydroxylation sites is 1. The van der Waals surface area contributed by atoms with Crippen LogP contribution in [0.5, 0.6) is 0 Å². The number of tetrazole rings is 1. The molecule has 0 spiro atoms. The Morgan fingerprint density at radius 3 is 2.28 bits per heavy atom. The maximum Gasteiger partial charge on any atom is 0.209 e. The molecule has 1 aliphatic rings. The Bertz CT molecular complexity index is 643.